The van der Waals surface area contributed by atoms with Crippen molar-refractivity contribution in [2.75, 3.05) is 36.4 Å². The molecule has 6 nitrogen and oxygen atoms in total. The first-order valence-electron chi connectivity index (χ1n) is 10.7. The summed E-state index contributed by atoms with van der Waals surface area (Å²) in [5.41, 5.74) is 2.25. The average molecular weight is 430 g/mol. The molecule has 162 valence electrons. The maximum absolute atomic E-state index is 12.9. The Morgan fingerprint density at radius 1 is 0.900 bits per heavy atom. The van der Waals surface area contributed by atoms with Crippen LogP contribution >= 0.6 is 0 Å². The van der Waals surface area contributed by atoms with Crippen LogP contribution in [0.1, 0.15) is 49.9 Å². The van der Waals surface area contributed by atoms with E-state index in [9.17, 15) is 13.2 Å². The fraction of sp³-hybridized carbons (Fsp3) is 0.435. The van der Waals surface area contributed by atoms with Gasteiger partial charge in [-0.1, -0.05) is 12.8 Å². The topological polar surface area (TPSA) is 69.7 Å². The molecule has 1 heterocycles. The molecule has 1 saturated heterocycles. The van der Waals surface area contributed by atoms with Crippen LogP contribution in [0.3, 0.4) is 0 Å². The van der Waals surface area contributed by atoms with E-state index in [1.165, 1.54) is 12.1 Å². The Bertz CT molecular complexity index is 929. The van der Waals surface area contributed by atoms with Gasteiger partial charge in [-0.25, -0.2) is 8.42 Å². The fourth-order valence-corrected chi connectivity index (χ4v) is 5.27. The quantitative estimate of drug-likeness (QED) is 0.710. The van der Waals surface area contributed by atoms with Gasteiger partial charge in [0.25, 0.3) is 5.91 Å². The summed E-state index contributed by atoms with van der Waals surface area (Å²) in [5.74, 6) is -0.260. The third-order valence-corrected chi connectivity index (χ3v) is 7.49. The number of anilines is 2. The SMILES string of the molecule is CCN(CC)c1ccc(NC(=O)c2ccc(S(=O)(=O)N3CCCCCC3)cc2)cc1. The molecule has 1 amide bonds. The van der Waals surface area contributed by atoms with Crippen LogP contribution in [0.2, 0.25) is 0 Å². The summed E-state index contributed by atoms with van der Waals surface area (Å²) in [6.45, 7) is 7.19. The lowest BCUT2D eigenvalue weighted by Crippen LogP contribution is -2.31. The molecule has 0 unspecified atom stereocenters. The number of carbonyl (C=O) groups is 1. The van der Waals surface area contributed by atoms with E-state index in [0.29, 0.717) is 24.3 Å². The highest BCUT2D eigenvalue weighted by Gasteiger charge is 2.25. The van der Waals surface area contributed by atoms with Crippen molar-refractivity contribution in [1.29, 1.82) is 0 Å². The summed E-state index contributed by atoms with van der Waals surface area (Å²) < 4.78 is 27.3. The summed E-state index contributed by atoms with van der Waals surface area (Å²) >= 11 is 0. The van der Waals surface area contributed by atoms with Gasteiger partial charge in [0, 0.05) is 43.1 Å². The molecule has 3 rings (SSSR count). The highest BCUT2D eigenvalue weighted by molar-refractivity contribution is 7.89. The van der Waals surface area contributed by atoms with E-state index in [0.717, 1.165) is 44.5 Å². The van der Waals surface area contributed by atoms with E-state index < -0.39 is 10.0 Å². The molecule has 0 spiro atoms. The number of rotatable bonds is 7. The maximum atomic E-state index is 12.9. The number of nitrogens with zero attached hydrogens (tertiary/aromatic N) is 2. The molecule has 7 heteroatoms. The zero-order valence-electron chi connectivity index (χ0n) is 17.8. The lowest BCUT2D eigenvalue weighted by molar-refractivity contribution is 0.102. The summed E-state index contributed by atoms with van der Waals surface area (Å²) in [6.07, 6.45) is 3.93. The van der Waals surface area contributed by atoms with Crippen LogP contribution in [-0.4, -0.2) is 44.8 Å². The monoisotopic (exact) mass is 429 g/mol. The van der Waals surface area contributed by atoms with Crippen LogP contribution in [0.5, 0.6) is 0 Å². The Morgan fingerprint density at radius 2 is 1.47 bits per heavy atom. The minimum absolute atomic E-state index is 0.240. The molecule has 0 bridgehead atoms. The average Bonchev–Trinajstić information content (AvgIpc) is 3.06. The zero-order valence-corrected chi connectivity index (χ0v) is 18.6. The maximum Gasteiger partial charge on any atom is 0.255 e. The van der Waals surface area contributed by atoms with Crippen LogP contribution in [0.4, 0.5) is 11.4 Å². The number of amides is 1. The van der Waals surface area contributed by atoms with Crippen molar-refractivity contribution in [3.8, 4) is 0 Å². The van der Waals surface area contributed by atoms with Crippen LogP contribution < -0.4 is 10.2 Å². The van der Waals surface area contributed by atoms with Crippen molar-refractivity contribution < 1.29 is 13.2 Å². The highest BCUT2D eigenvalue weighted by atomic mass is 32.2. The normalized spacial score (nSPS) is 15.4. The smallest absolute Gasteiger partial charge is 0.255 e. The van der Waals surface area contributed by atoms with Gasteiger partial charge in [-0.15, -0.1) is 0 Å². The van der Waals surface area contributed by atoms with E-state index in [-0.39, 0.29) is 10.8 Å². The van der Waals surface area contributed by atoms with Crippen LogP contribution in [0.25, 0.3) is 0 Å². The Morgan fingerprint density at radius 3 is 2.00 bits per heavy atom. The second-order valence-corrected chi connectivity index (χ2v) is 9.45. The van der Waals surface area contributed by atoms with Gasteiger partial charge in [0.15, 0.2) is 0 Å². The third-order valence-electron chi connectivity index (χ3n) is 5.57. The van der Waals surface area contributed by atoms with E-state index in [1.807, 2.05) is 24.3 Å². The molecule has 0 aromatic heterocycles. The molecule has 1 fully saturated rings. The molecule has 1 N–H and O–H groups in total. The number of hydrogen-bond donors (Lipinski definition) is 1. The number of benzene rings is 2. The van der Waals surface area contributed by atoms with Gasteiger partial charge < -0.3 is 10.2 Å². The highest BCUT2D eigenvalue weighted by Crippen LogP contribution is 2.22. The zero-order chi connectivity index (χ0) is 21.6. The summed E-state index contributed by atoms with van der Waals surface area (Å²) in [6, 6.07) is 13.9. The lowest BCUT2D eigenvalue weighted by atomic mass is 10.2. The minimum atomic E-state index is -3.51. The van der Waals surface area contributed by atoms with Crippen LogP contribution in [-0.2, 0) is 10.0 Å². The van der Waals surface area contributed by atoms with Crippen LogP contribution in [0, 0.1) is 0 Å². The number of hydrogen-bond acceptors (Lipinski definition) is 4. The first-order chi connectivity index (χ1) is 14.5. The van der Waals surface area contributed by atoms with Crippen LogP contribution in [0.15, 0.2) is 53.4 Å². The predicted octanol–water partition coefficient (Wildman–Crippen LogP) is 4.35. The Balaban J connectivity index is 1.67. The molecular formula is C23H31N3O3S. The summed E-state index contributed by atoms with van der Waals surface area (Å²) in [5, 5.41) is 2.87. The Hall–Kier alpha value is -2.38. The van der Waals surface area contributed by atoms with E-state index in [4.69, 9.17) is 0 Å². The molecule has 1 aliphatic rings. The van der Waals surface area contributed by atoms with E-state index >= 15 is 0 Å². The number of sulfonamides is 1. The Labute approximate surface area is 179 Å². The Kier molecular flexibility index (Phi) is 7.50. The van der Waals surface area contributed by atoms with Gasteiger partial charge in [0.2, 0.25) is 10.0 Å². The van der Waals surface area contributed by atoms with E-state index in [2.05, 4.69) is 24.1 Å². The predicted molar refractivity (Wildman–Crippen MR) is 122 cm³/mol. The summed E-state index contributed by atoms with van der Waals surface area (Å²) in [4.78, 5) is 15.0. The molecular weight excluding hydrogens is 398 g/mol. The standard InChI is InChI=1S/C23H31N3O3S/c1-3-25(4-2)21-13-11-20(12-14-21)24-23(27)19-9-15-22(16-10-19)30(28,29)26-17-7-5-6-8-18-26/h9-16H,3-8,17-18H2,1-2H3,(H,24,27). The molecule has 30 heavy (non-hydrogen) atoms. The van der Waals surface area contributed by atoms with Crippen molar-refractivity contribution in [2.45, 2.75) is 44.4 Å². The van der Waals surface area contributed by atoms with Crippen molar-refractivity contribution in [2.24, 2.45) is 0 Å². The second kappa shape index (κ2) is 10.1. The third kappa shape index (κ3) is 5.21. The lowest BCUT2D eigenvalue weighted by Gasteiger charge is -2.21. The van der Waals surface area contributed by atoms with Gasteiger partial charge in [0.05, 0.1) is 4.90 Å². The first kappa shape index (κ1) is 22.3. The largest absolute Gasteiger partial charge is 0.372 e. The van der Waals surface area contributed by atoms with Gasteiger partial charge >= 0.3 is 0 Å². The van der Waals surface area contributed by atoms with Gasteiger partial charge in [-0.2, -0.15) is 4.31 Å². The molecule has 0 aliphatic carbocycles. The van der Waals surface area contributed by atoms with Crippen molar-refractivity contribution in [3.05, 3.63) is 54.1 Å². The molecule has 2 aromatic carbocycles. The van der Waals surface area contributed by atoms with Gasteiger partial charge in [0.1, 0.15) is 0 Å². The molecule has 0 radical (unpaired) electrons. The second-order valence-electron chi connectivity index (χ2n) is 7.52. The molecule has 0 saturated carbocycles. The summed E-state index contributed by atoms with van der Waals surface area (Å²) in [7, 11) is -3.51. The number of nitrogens with one attached hydrogen (secondary N) is 1. The minimum Gasteiger partial charge on any atom is -0.372 e. The van der Waals surface area contributed by atoms with Crippen molar-refractivity contribution in [1.82, 2.24) is 4.31 Å². The fourth-order valence-electron chi connectivity index (χ4n) is 3.76. The van der Waals surface area contributed by atoms with Crippen molar-refractivity contribution >= 4 is 27.3 Å². The van der Waals surface area contributed by atoms with Gasteiger partial charge in [-0.05, 0) is 75.2 Å². The first-order valence-corrected chi connectivity index (χ1v) is 12.2. The van der Waals surface area contributed by atoms with E-state index in [1.54, 1.807) is 16.4 Å². The molecule has 1 aliphatic heterocycles. The van der Waals surface area contributed by atoms with Gasteiger partial charge in [-0.3, -0.25) is 4.79 Å². The molecule has 2 aromatic rings. The number of carbonyl (C=O) groups excluding carboxylic acids is 1. The van der Waals surface area contributed by atoms with Crippen molar-refractivity contribution in [3.63, 3.8) is 0 Å². The molecule has 0 atom stereocenters.